The van der Waals surface area contributed by atoms with Crippen molar-refractivity contribution in [2.75, 3.05) is 5.32 Å². The van der Waals surface area contributed by atoms with Gasteiger partial charge in [-0.2, -0.15) is 0 Å². The van der Waals surface area contributed by atoms with Crippen molar-refractivity contribution >= 4 is 5.69 Å². The van der Waals surface area contributed by atoms with Gasteiger partial charge in [0.15, 0.2) is 0 Å². The molecule has 88 valence electrons. The van der Waals surface area contributed by atoms with Crippen LogP contribution >= 0.6 is 0 Å². The van der Waals surface area contributed by atoms with Gasteiger partial charge in [-0.1, -0.05) is 18.2 Å². The molecule has 0 saturated carbocycles. The summed E-state index contributed by atoms with van der Waals surface area (Å²) in [6, 6.07) is 7.78. The molecule has 3 heteroatoms. The molecule has 0 radical (unpaired) electrons. The van der Waals surface area contributed by atoms with Gasteiger partial charge >= 0.3 is 0 Å². The number of aryl methyl sites for hydroxylation is 2. The highest BCUT2D eigenvalue weighted by molar-refractivity contribution is 5.46. The number of pyridine rings is 1. The van der Waals surface area contributed by atoms with E-state index in [2.05, 4.69) is 10.3 Å². The van der Waals surface area contributed by atoms with Crippen LogP contribution in [-0.4, -0.2) is 10.1 Å². The van der Waals surface area contributed by atoms with Gasteiger partial charge in [0.2, 0.25) is 0 Å². The summed E-state index contributed by atoms with van der Waals surface area (Å²) in [5, 5.41) is 13.1. The lowest BCUT2D eigenvalue weighted by molar-refractivity contribution is 0.465. The first-order chi connectivity index (χ1) is 8.16. The van der Waals surface area contributed by atoms with Crippen LogP contribution in [-0.2, 0) is 6.54 Å². The number of nitrogens with zero attached hydrogens (tertiary/aromatic N) is 1. The second kappa shape index (κ2) is 4.87. The third-order valence-corrected chi connectivity index (χ3v) is 2.68. The maximum Gasteiger partial charge on any atom is 0.123 e. The van der Waals surface area contributed by atoms with Crippen molar-refractivity contribution in [3.8, 4) is 5.75 Å². The summed E-state index contributed by atoms with van der Waals surface area (Å²) in [5.74, 6) is 0.362. The SMILES string of the molecule is Cc1cncc(NCc2cccc(C)c2O)c1. The lowest BCUT2D eigenvalue weighted by Crippen LogP contribution is -2.00. The van der Waals surface area contributed by atoms with Gasteiger partial charge in [0.05, 0.1) is 5.69 Å². The molecule has 3 nitrogen and oxygen atoms in total. The van der Waals surface area contributed by atoms with Crippen molar-refractivity contribution in [1.82, 2.24) is 4.98 Å². The second-order valence-corrected chi connectivity index (χ2v) is 4.19. The first-order valence-electron chi connectivity index (χ1n) is 5.60. The number of anilines is 1. The van der Waals surface area contributed by atoms with Crippen LogP contribution in [0.3, 0.4) is 0 Å². The number of phenols is 1. The van der Waals surface area contributed by atoms with Crippen LogP contribution in [0.15, 0.2) is 36.7 Å². The Morgan fingerprint density at radius 2 is 2.06 bits per heavy atom. The highest BCUT2D eigenvalue weighted by Crippen LogP contribution is 2.22. The van der Waals surface area contributed by atoms with E-state index in [1.165, 1.54) is 0 Å². The van der Waals surface area contributed by atoms with Crippen LogP contribution in [0.5, 0.6) is 5.75 Å². The van der Waals surface area contributed by atoms with Gasteiger partial charge in [0.1, 0.15) is 5.75 Å². The quantitative estimate of drug-likeness (QED) is 0.848. The molecule has 0 bridgehead atoms. The fourth-order valence-corrected chi connectivity index (χ4v) is 1.71. The van der Waals surface area contributed by atoms with E-state index in [9.17, 15) is 5.11 Å². The number of hydrogen-bond donors (Lipinski definition) is 2. The zero-order valence-corrected chi connectivity index (χ0v) is 10.1. The molecule has 1 aromatic carbocycles. The molecule has 0 aliphatic carbocycles. The molecule has 0 atom stereocenters. The smallest absolute Gasteiger partial charge is 0.123 e. The summed E-state index contributed by atoms with van der Waals surface area (Å²) in [7, 11) is 0. The summed E-state index contributed by atoms with van der Waals surface area (Å²) < 4.78 is 0. The third-order valence-electron chi connectivity index (χ3n) is 2.68. The van der Waals surface area contributed by atoms with Gasteiger partial charge in [-0.15, -0.1) is 0 Å². The molecule has 0 saturated heterocycles. The number of hydrogen-bond acceptors (Lipinski definition) is 3. The largest absolute Gasteiger partial charge is 0.507 e. The molecular weight excluding hydrogens is 212 g/mol. The molecular formula is C14H16N2O. The van der Waals surface area contributed by atoms with E-state index in [4.69, 9.17) is 0 Å². The number of benzene rings is 1. The van der Waals surface area contributed by atoms with Crippen molar-refractivity contribution in [1.29, 1.82) is 0 Å². The zero-order chi connectivity index (χ0) is 12.3. The predicted molar refractivity (Wildman–Crippen MR) is 69.1 cm³/mol. The Kier molecular flexibility index (Phi) is 3.28. The summed E-state index contributed by atoms with van der Waals surface area (Å²) in [5.41, 5.74) is 3.87. The molecule has 0 amide bonds. The molecule has 2 N–H and O–H groups in total. The normalized spacial score (nSPS) is 10.2. The Bertz CT molecular complexity index is 523. The monoisotopic (exact) mass is 228 g/mol. The average Bonchev–Trinajstić information content (AvgIpc) is 2.31. The van der Waals surface area contributed by atoms with Gasteiger partial charge in [0.25, 0.3) is 0 Å². The van der Waals surface area contributed by atoms with Crippen LogP contribution in [0.2, 0.25) is 0 Å². The molecule has 17 heavy (non-hydrogen) atoms. The van der Waals surface area contributed by atoms with E-state index >= 15 is 0 Å². The van der Waals surface area contributed by atoms with Crippen LogP contribution < -0.4 is 5.32 Å². The standard InChI is InChI=1S/C14H16N2O/c1-10-6-13(9-15-7-10)16-8-12-5-3-4-11(2)14(12)17/h3-7,9,16-17H,8H2,1-2H3. The van der Waals surface area contributed by atoms with Gasteiger partial charge < -0.3 is 10.4 Å². The number of rotatable bonds is 3. The van der Waals surface area contributed by atoms with Gasteiger partial charge in [-0.3, -0.25) is 4.98 Å². The molecule has 1 aromatic heterocycles. The van der Waals surface area contributed by atoms with Crippen LogP contribution in [0.1, 0.15) is 16.7 Å². The summed E-state index contributed by atoms with van der Waals surface area (Å²) >= 11 is 0. The Labute approximate surface area is 101 Å². The minimum absolute atomic E-state index is 0.362. The van der Waals surface area contributed by atoms with Crippen LogP contribution in [0.25, 0.3) is 0 Å². The van der Waals surface area contributed by atoms with E-state index in [1.54, 1.807) is 6.20 Å². The number of aromatic nitrogens is 1. The fraction of sp³-hybridized carbons (Fsp3) is 0.214. The van der Waals surface area contributed by atoms with Crippen LogP contribution in [0, 0.1) is 13.8 Å². The average molecular weight is 228 g/mol. The topological polar surface area (TPSA) is 45.2 Å². The van der Waals surface area contributed by atoms with Crippen molar-refractivity contribution in [2.24, 2.45) is 0 Å². The van der Waals surface area contributed by atoms with E-state index in [1.807, 2.05) is 44.3 Å². The number of nitrogens with one attached hydrogen (secondary N) is 1. The molecule has 0 spiro atoms. The Hall–Kier alpha value is -2.03. The Morgan fingerprint density at radius 1 is 1.24 bits per heavy atom. The second-order valence-electron chi connectivity index (χ2n) is 4.19. The highest BCUT2D eigenvalue weighted by atomic mass is 16.3. The minimum Gasteiger partial charge on any atom is -0.507 e. The summed E-state index contributed by atoms with van der Waals surface area (Å²) in [6.45, 7) is 4.49. The molecule has 0 aliphatic heterocycles. The maximum atomic E-state index is 9.87. The van der Waals surface area contributed by atoms with Crippen molar-refractivity contribution in [3.05, 3.63) is 53.3 Å². The van der Waals surface area contributed by atoms with Crippen LogP contribution in [0.4, 0.5) is 5.69 Å². The van der Waals surface area contributed by atoms with Crippen molar-refractivity contribution < 1.29 is 5.11 Å². The Balaban J connectivity index is 2.10. The third kappa shape index (κ3) is 2.75. The van der Waals surface area contributed by atoms with Gasteiger partial charge in [0, 0.05) is 24.5 Å². The molecule has 2 rings (SSSR count). The fourth-order valence-electron chi connectivity index (χ4n) is 1.71. The molecule has 2 aromatic rings. The summed E-state index contributed by atoms with van der Waals surface area (Å²) in [4.78, 5) is 4.11. The van der Waals surface area contributed by atoms with E-state index < -0.39 is 0 Å². The van der Waals surface area contributed by atoms with E-state index in [0.717, 1.165) is 22.4 Å². The molecule has 0 aliphatic rings. The predicted octanol–water partition coefficient (Wildman–Crippen LogP) is 3.02. The molecule has 1 heterocycles. The summed E-state index contributed by atoms with van der Waals surface area (Å²) in [6.07, 6.45) is 3.59. The first-order valence-corrected chi connectivity index (χ1v) is 5.60. The first kappa shape index (κ1) is 11.5. The maximum absolute atomic E-state index is 9.87. The van der Waals surface area contributed by atoms with E-state index in [0.29, 0.717) is 12.3 Å². The highest BCUT2D eigenvalue weighted by Gasteiger charge is 2.03. The lowest BCUT2D eigenvalue weighted by atomic mass is 10.1. The number of para-hydroxylation sites is 1. The van der Waals surface area contributed by atoms with E-state index in [-0.39, 0.29) is 0 Å². The minimum atomic E-state index is 0.362. The molecule has 0 unspecified atom stereocenters. The van der Waals surface area contributed by atoms with Gasteiger partial charge in [-0.25, -0.2) is 0 Å². The number of aromatic hydroxyl groups is 1. The van der Waals surface area contributed by atoms with Crippen molar-refractivity contribution in [2.45, 2.75) is 20.4 Å². The van der Waals surface area contributed by atoms with Gasteiger partial charge in [-0.05, 0) is 31.0 Å². The zero-order valence-electron chi connectivity index (χ0n) is 10.1. The van der Waals surface area contributed by atoms with Crippen molar-refractivity contribution in [3.63, 3.8) is 0 Å². The molecule has 0 fully saturated rings. The number of phenolic OH excluding ortho intramolecular Hbond substituents is 1. The Morgan fingerprint density at radius 3 is 2.82 bits per heavy atom. The lowest BCUT2D eigenvalue weighted by Gasteiger charge is -2.09.